The van der Waals surface area contributed by atoms with Gasteiger partial charge in [0.15, 0.2) is 12.2 Å². The number of unbranched alkanes of at least 4 members (excludes halogenated alkanes) is 29. The number of phosphoric acid groups is 2. The molecule has 0 bridgehead atoms. The number of carbonyl (C=O) groups excluding carboxylic acids is 4. The van der Waals surface area contributed by atoms with E-state index in [2.05, 4.69) is 65.8 Å². The molecule has 0 aliphatic heterocycles. The third-order valence-electron chi connectivity index (χ3n) is 15.6. The van der Waals surface area contributed by atoms with Crippen LogP contribution in [0.5, 0.6) is 0 Å². The SMILES string of the molecule is CCCCCC/C=C\C=C/CCCCCCCC(=O)O[C@H](COC(=O)CCCCCCCCCCCCC)COP(=O)(O)OC[C@@H](O)COP(=O)(O)OC[C@@H](COC(=O)CCCCCCCCC(C)CC)OC(=O)CCCCCCCCC(C)CC. The number of ether oxygens (including phenoxy) is 4. The van der Waals surface area contributed by atoms with E-state index >= 15 is 0 Å². The highest BCUT2D eigenvalue weighted by Crippen LogP contribution is 2.45. The van der Waals surface area contributed by atoms with Gasteiger partial charge in [0.25, 0.3) is 0 Å². The zero-order valence-electron chi connectivity index (χ0n) is 55.1. The van der Waals surface area contributed by atoms with Crippen molar-refractivity contribution in [1.82, 2.24) is 0 Å². The van der Waals surface area contributed by atoms with Crippen molar-refractivity contribution in [3.63, 3.8) is 0 Å². The van der Waals surface area contributed by atoms with E-state index in [1.807, 2.05) is 0 Å². The fourth-order valence-corrected chi connectivity index (χ4v) is 11.0. The molecule has 0 aromatic rings. The number of aliphatic hydroxyl groups excluding tert-OH is 1. The van der Waals surface area contributed by atoms with Gasteiger partial charge >= 0.3 is 39.5 Å². The van der Waals surface area contributed by atoms with Crippen LogP contribution < -0.4 is 0 Å². The van der Waals surface area contributed by atoms with Crippen molar-refractivity contribution in [1.29, 1.82) is 0 Å². The highest BCUT2D eigenvalue weighted by Gasteiger charge is 2.30. The maximum Gasteiger partial charge on any atom is 0.472 e. The van der Waals surface area contributed by atoms with Gasteiger partial charge in [0.05, 0.1) is 26.4 Å². The Morgan fingerprint density at radius 2 is 0.651 bits per heavy atom. The average Bonchev–Trinajstić information content (AvgIpc) is 3.69. The van der Waals surface area contributed by atoms with Gasteiger partial charge in [0.1, 0.15) is 19.3 Å². The van der Waals surface area contributed by atoms with E-state index < -0.39 is 97.5 Å². The van der Waals surface area contributed by atoms with Crippen LogP contribution >= 0.6 is 15.6 Å². The lowest BCUT2D eigenvalue weighted by molar-refractivity contribution is -0.161. The van der Waals surface area contributed by atoms with Crippen LogP contribution in [0.25, 0.3) is 0 Å². The third kappa shape index (κ3) is 57.9. The van der Waals surface area contributed by atoms with E-state index in [9.17, 15) is 43.2 Å². The van der Waals surface area contributed by atoms with Crippen LogP contribution in [0, 0.1) is 11.8 Å². The van der Waals surface area contributed by atoms with Crippen LogP contribution in [0.3, 0.4) is 0 Å². The van der Waals surface area contributed by atoms with Gasteiger partial charge < -0.3 is 33.8 Å². The van der Waals surface area contributed by atoms with Crippen LogP contribution in [-0.2, 0) is 65.4 Å². The summed E-state index contributed by atoms with van der Waals surface area (Å²) in [5.74, 6) is -0.716. The van der Waals surface area contributed by atoms with E-state index in [4.69, 9.17) is 37.0 Å². The molecule has 17 nitrogen and oxygen atoms in total. The van der Waals surface area contributed by atoms with Crippen molar-refractivity contribution in [2.75, 3.05) is 39.6 Å². The van der Waals surface area contributed by atoms with Crippen molar-refractivity contribution in [3.05, 3.63) is 24.3 Å². The topological polar surface area (TPSA) is 237 Å². The molecule has 19 heteroatoms. The van der Waals surface area contributed by atoms with Gasteiger partial charge in [-0.15, -0.1) is 0 Å². The standard InChI is InChI=1S/C67H126O17P2/c1-7-11-13-15-17-19-21-22-23-24-26-28-30-39-45-51-66(71)83-62(55-77-64(69)49-43-37-29-27-25-20-18-16-14-12-8-2)57-81-85(73,74)79-53-61(68)54-80-86(75,76)82-58-63(84-67(72)52-46-40-34-32-36-42-48-60(6)10-4)56-78-65(70)50-44-38-33-31-35-41-47-59(5)9-3/h19,21-23,59-63,68H,7-18,20,24-58H2,1-6H3,(H,73,74)(H,75,76)/b21-19-,23-22-/t59?,60?,61-,62-,63-/m1/s1. The number of rotatable bonds is 64. The van der Waals surface area contributed by atoms with Crippen LogP contribution in [-0.4, -0.2) is 96.7 Å². The van der Waals surface area contributed by atoms with Crippen molar-refractivity contribution >= 4 is 39.5 Å². The first-order valence-electron chi connectivity index (χ1n) is 34.4. The van der Waals surface area contributed by atoms with Crippen molar-refractivity contribution < 1.29 is 80.2 Å². The third-order valence-corrected chi connectivity index (χ3v) is 17.5. The summed E-state index contributed by atoms with van der Waals surface area (Å²) in [6, 6.07) is 0. The predicted molar refractivity (Wildman–Crippen MR) is 344 cm³/mol. The summed E-state index contributed by atoms with van der Waals surface area (Å²) in [6.07, 6.45) is 45.3. The quantitative estimate of drug-likeness (QED) is 0.0169. The lowest BCUT2D eigenvalue weighted by Crippen LogP contribution is -2.30. The molecule has 0 radical (unpaired) electrons. The Kier molecular flexibility index (Phi) is 57.2. The van der Waals surface area contributed by atoms with Crippen LogP contribution in [0.4, 0.5) is 0 Å². The fourth-order valence-electron chi connectivity index (χ4n) is 9.46. The van der Waals surface area contributed by atoms with Gasteiger partial charge in [0.2, 0.25) is 0 Å². The fraction of sp³-hybridized carbons (Fsp3) is 0.881. The van der Waals surface area contributed by atoms with E-state index in [0.717, 1.165) is 121 Å². The number of aliphatic hydroxyl groups is 1. The van der Waals surface area contributed by atoms with E-state index in [-0.39, 0.29) is 25.7 Å². The summed E-state index contributed by atoms with van der Waals surface area (Å²) >= 11 is 0. The molecule has 0 aromatic heterocycles. The van der Waals surface area contributed by atoms with Crippen LogP contribution in [0.15, 0.2) is 24.3 Å². The molecule has 4 unspecified atom stereocenters. The Bertz CT molecular complexity index is 1780. The summed E-state index contributed by atoms with van der Waals surface area (Å²) in [6.45, 7) is 9.35. The molecule has 86 heavy (non-hydrogen) atoms. The first kappa shape index (κ1) is 83.5. The van der Waals surface area contributed by atoms with Gasteiger partial charge in [-0.2, -0.15) is 0 Å². The Morgan fingerprint density at radius 3 is 0.988 bits per heavy atom. The van der Waals surface area contributed by atoms with Gasteiger partial charge in [-0.25, -0.2) is 9.13 Å². The van der Waals surface area contributed by atoms with Crippen molar-refractivity contribution in [2.24, 2.45) is 11.8 Å². The summed E-state index contributed by atoms with van der Waals surface area (Å²) in [5, 5.41) is 10.6. The Morgan fingerprint density at radius 1 is 0.372 bits per heavy atom. The molecule has 0 spiro atoms. The molecule has 0 amide bonds. The second-order valence-corrected chi connectivity index (χ2v) is 26.9. The van der Waals surface area contributed by atoms with E-state index in [1.54, 1.807) is 0 Å². The second-order valence-electron chi connectivity index (χ2n) is 24.0. The van der Waals surface area contributed by atoms with Gasteiger partial charge in [-0.1, -0.05) is 258 Å². The lowest BCUT2D eigenvalue weighted by Gasteiger charge is -2.21. The molecule has 506 valence electrons. The Labute approximate surface area is 522 Å². The molecule has 0 aromatic carbocycles. The van der Waals surface area contributed by atoms with Crippen LogP contribution in [0.1, 0.15) is 311 Å². The Hall–Kier alpha value is -2.46. The molecule has 0 heterocycles. The van der Waals surface area contributed by atoms with E-state index in [1.165, 1.54) is 109 Å². The monoisotopic (exact) mass is 1260 g/mol. The molecule has 0 aliphatic rings. The molecule has 0 saturated carbocycles. The average molecular weight is 1270 g/mol. The molecule has 3 N–H and O–H groups in total. The highest BCUT2D eigenvalue weighted by atomic mass is 31.2. The number of carbonyl (C=O) groups is 4. The maximum absolute atomic E-state index is 13.0. The smallest absolute Gasteiger partial charge is 0.462 e. The van der Waals surface area contributed by atoms with Gasteiger partial charge in [0, 0.05) is 25.7 Å². The minimum Gasteiger partial charge on any atom is -0.462 e. The lowest BCUT2D eigenvalue weighted by atomic mass is 10.00. The zero-order chi connectivity index (χ0) is 63.6. The first-order valence-corrected chi connectivity index (χ1v) is 37.4. The summed E-state index contributed by atoms with van der Waals surface area (Å²) in [4.78, 5) is 72.3. The predicted octanol–water partition coefficient (Wildman–Crippen LogP) is 18.4. The summed E-state index contributed by atoms with van der Waals surface area (Å²) in [5.41, 5.74) is 0. The zero-order valence-corrected chi connectivity index (χ0v) is 56.9. The number of allylic oxidation sites excluding steroid dienone is 4. The molecular weight excluding hydrogens is 1140 g/mol. The summed E-state index contributed by atoms with van der Waals surface area (Å²) in [7, 11) is -9.91. The van der Waals surface area contributed by atoms with Gasteiger partial charge in [-0.3, -0.25) is 37.3 Å². The number of hydrogen-bond acceptors (Lipinski definition) is 15. The molecule has 7 atom stereocenters. The van der Waals surface area contributed by atoms with Crippen LogP contribution in [0.2, 0.25) is 0 Å². The minimum absolute atomic E-state index is 0.0847. The number of phosphoric ester groups is 2. The highest BCUT2D eigenvalue weighted by molar-refractivity contribution is 7.47. The molecule has 0 fully saturated rings. The summed E-state index contributed by atoms with van der Waals surface area (Å²) < 4.78 is 68.1. The van der Waals surface area contributed by atoms with Crippen molar-refractivity contribution in [2.45, 2.75) is 330 Å². The minimum atomic E-state index is -4.96. The largest absolute Gasteiger partial charge is 0.472 e. The molecular formula is C67H126O17P2. The number of esters is 4. The van der Waals surface area contributed by atoms with Gasteiger partial charge in [-0.05, 0) is 63.2 Å². The van der Waals surface area contributed by atoms with Crippen molar-refractivity contribution in [3.8, 4) is 0 Å². The van der Waals surface area contributed by atoms with E-state index in [0.29, 0.717) is 25.7 Å². The first-order chi connectivity index (χ1) is 41.4. The molecule has 0 rings (SSSR count). The Balaban J connectivity index is 5.29. The molecule has 0 saturated heterocycles. The maximum atomic E-state index is 13.0. The number of hydrogen-bond donors (Lipinski definition) is 3. The molecule has 0 aliphatic carbocycles. The second kappa shape index (κ2) is 58.9. The normalized spacial score (nSPS) is 15.0.